The van der Waals surface area contributed by atoms with Crippen molar-refractivity contribution in [2.24, 2.45) is 0 Å². The number of amides is 1. The number of nitro benzene ring substituents is 1. The van der Waals surface area contributed by atoms with Crippen molar-refractivity contribution in [3.05, 3.63) is 85.6 Å². The summed E-state index contributed by atoms with van der Waals surface area (Å²) in [6, 6.07) is 7.58. The maximum atomic E-state index is 13.2. The van der Waals surface area contributed by atoms with Gasteiger partial charge in [0.1, 0.15) is 0 Å². The maximum absolute atomic E-state index is 13.2. The molecule has 3 rings (SSSR count). The smallest absolute Gasteiger partial charge is 0.416 e. The predicted octanol–water partition coefficient (Wildman–Crippen LogP) is 5.14. The second-order valence-electron chi connectivity index (χ2n) is 6.66. The average molecular weight is 467 g/mol. The zero-order chi connectivity index (χ0) is 23.8. The first-order valence-electron chi connectivity index (χ1n) is 8.92. The van der Waals surface area contributed by atoms with Gasteiger partial charge in [0.25, 0.3) is 11.6 Å². The van der Waals surface area contributed by atoms with E-state index in [-0.39, 0.29) is 38.8 Å². The highest BCUT2D eigenvalue weighted by Crippen LogP contribution is 2.39. The number of nitro groups is 1. The quantitative estimate of drug-likeness (QED) is 0.269. The highest BCUT2D eigenvalue weighted by Gasteiger charge is 2.39. The number of carbonyl (C=O) groups excluding carboxylic acids is 2. The van der Waals surface area contributed by atoms with E-state index < -0.39 is 28.5 Å². The fraction of sp³-hybridized carbons (Fsp3) is 0.143. The fourth-order valence-electron chi connectivity index (χ4n) is 3.22. The molecule has 1 amide bonds. The van der Waals surface area contributed by atoms with Gasteiger partial charge in [-0.2, -0.15) is 13.2 Å². The van der Waals surface area contributed by atoms with Crippen LogP contribution >= 0.6 is 11.6 Å². The van der Waals surface area contributed by atoms with Gasteiger partial charge in [0, 0.05) is 34.1 Å². The Morgan fingerprint density at radius 2 is 1.91 bits per heavy atom. The number of alkyl halides is 3. The molecular weight excluding hydrogens is 453 g/mol. The summed E-state index contributed by atoms with van der Waals surface area (Å²) in [7, 11) is 1.08. The molecule has 0 atom stereocenters. The third kappa shape index (κ3) is 4.22. The van der Waals surface area contributed by atoms with Gasteiger partial charge in [-0.05, 0) is 37.3 Å². The number of allylic oxidation sites excluding steroid dienone is 1. The second-order valence-corrected chi connectivity index (χ2v) is 7.07. The Balaban J connectivity index is 2.19. The van der Waals surface area contributed by atoms with E-state index in [0.717, 1.165) is 42.3 Å². The zero-order valence-corrected chi connectivity index (χ0v) is 17.3. The van der Waals surface area contributed by atoms with E-state index in [0.29, 0.717) is 0 Å². The average Bonchev–Trinajstić information content (AvgIpc) is 2.97. The number of esters is 1. The summed E-state index contributed by atoms with van der Waals surface area (Å²) in [5, 5.41) is 11.1. The van der Waals surface area contributed by atoms with Crippen LogP contribution in [0.4, 0.5) is 24.5 Å². The number of halogens is 4. The molecule has 11 heteroatoms. The molecule has 0 N–H and O–H groups in total. The largest absolute Gasteiger partial charge is 0.465 e. The lowest BCUT2D eigenvalue weighted by atomic mass is 10.0. The summed E-state index contributed by atoms with van der Waals surface area (Å²) in [6.07, 6.45) is -3.47. The van der Waals surface area contributed by atoms with Crippen molar-refractivity contribution < 1.29 is 32.4 Å². The first-order valence-corrected chi connectivity index (χ1v) is 9.30. The van der Waals surface area contributed by atoms with Gasteiger partial charge in [0.2, 0.25) is 0 Å². The first-order chi connectivity index (χ1) is 15.0. The van der Waals surface area contributed by atoms with E-state index in [1.165, 1.54) is 25.1 Å². The molecule has 166 valence electrons. The molecule has 0 aromatic heterocycles. The summed E-state index contributed by atoms with van der Waals surface area (Å²) in [5.41, 5.74) is -1.71. The Morgan fingerprint density at radius 1 is 1.22 bits per heavy atom. The van der Waals surface area contributed by atoms with Gasteiger partial charge in [-0.25, -0.2) is 4.79 Å². The van der Waals surface area contributed by atoms with Crippen molar-refractivity contribution in [3.63, 3.8) is 0 Å². The molecule has 0 fully saturated rings. The van der Waals surface area contributed by atoms with Crippen LogP contribution in [0.2, 0.25) is 5.02 Å². The predicted molar refractivity (Wildman–Crippen MR) is 110 cm³/mol. The highest BCUT2D eigenvalue weighted by atomic mass is 35.5. The van der Waals surface area contributed by atoms with Gasteiger partial charge in [-0.15, -0.1) is 0 Å². The van der Waals surface area contributed by atoms with Crippen LogP contribution in [-0.2, 0) is 20.5 Å². The van der Waals surface area contributed by atoms with Crippen LogP contribution in [0.5, 0.6) is 0 Å². The molecular formula is C21H14ClF3N2O5. The molecule has 0 unspecified atom stereocenters. The molecule has 0 spiro atoms. The number of methoxy groups -OCH3 is 1. The van der Waals surface area contributed by atoms with Gasteiger partial charge < -0.3 is 4.74 Å². The van der Waals surface area contributed by atoms with E-state index in [1.807, 2.05) is 0 Å². The van der Waals surface area contributed by atoms with Crippen molar-refractivity contribution >= 4 is 40.9 Å². The highest BCUT2D eigenvalue weighted by molar-refractivity contribution is 6.32. The van der Waals surface area contributed by atoms with Gasteiger partial charge in [-0.3, -0.25) is 19.8 Å². The third-order valence-electron chi connectivity index (χ3n) is 4.71. The Kier molecular flexibility index (Phi) is 6.09. The van der Waals surface area contributed by atoms with E-state index in [2.05, 4.69) is 0 Å². The number of rotatable bonds is 4. The number of benzene rings is 2. The standard InChI is InChI=1S/C21H14ClF3N2O5/c1-11-18(20(29)32-2)16(9-12-8-15(27(30)31)6-7-17(12)22)19(28)26(11)14-5-3-4-13(10-14)21(23,24)25/h3-10H,1-2H3/b16-9-. The molecule has 2 aromatic carbocycles. The summed E-state index contributed by atoms with van der Waals surface area (Å²) >= 11 is 6.10. The minimum Gasteiger partial charge on any atom is -0.465 e. The van der Waals surface area contributed by atoms with Crippen LogP contribution in [0.25, 0.3) is 6.08 Å². The van der Waals surface area contributed by atoms with E-state index in [4.69, 9.17) is 16.3 Å². The van der Waals surface area contributed by atoms with Gasteiger partial charge in [0.15, 0.2) is 0 Å². The van der Waals surface area contributed by atoms with Crippen LogP contribution < -0.4 is 4.90 Å². The molecule has 7 nitrogen and oxygen atoms in total. The molecule has 2 aromatic rings. The van der Waals surface area contributed by atoms with Crippen molar-refractivity contribution in [2.75, 3.05) is 12.0 Å². The number of hydrogen-bond acceptors (Lipinski definition) is 5. The summed E-state index contributed by atoms with van der Waals surface area (Å²) in [4.78, 5) is 37.0. The van der Waals surface area contributed by atoms with Crippen molar-refractivity contribution in [2.45, 2.75) is 13.1 Å². The molecule has 1 aliphatic rings. The van der Waals surface area contributed by atoms with Crippen molar-refractivity contribution in [1.29, 1.82) is 0 Å². The number of anilines is 1. The molecule has 0 saturated heterocycles. The van der Waals surface area contributed by atoms with E-state index >= 15 is 0 Å². The van der Waals surface area contributed by atoms with Crippen LogP contribution in [0.3, 0.4) is 0 Å². The van der Waals surface area contributed by atoms with E-state index in [1.54, 1.807) is 0 Å². The molecule has 1 heterocycles. The molecule has 0 bridgehead atoms. The lowest BCUT2D eigenvalue weighted by molar-refractivity contribution is -0.384. The summed E-state index contributed by atoms with van der Waals surface area (Å²) < 4.78 is 44.2. The molecule has 32 heavy (non-hydrogen) atoms. The number of nitrogens with zero attached hydrogens (tertiary/aromatic N) is 2. The van der Waals surface area contributed by atoms with Crippen molar-refractivity contribution in [1.82, 2.24) is 0 Å². The first kappa shape index (κ1) is 23.0. The molecule has 1 aliphatic heterocycles. The van der Waals surface area contributed by atoms with Gasteiger partial charge >= 0.3 is 12.1 Å². The van der Waals surface area contributed by atoms with Crippen LogP contribution in [0.1, 0.15) is 18.1 Å². The Morgan fingerprint density at radius 3 is 2.50 bits per heavy atom. The summed E-state index contributed by atoms with van der Waals surface area (Å²) in [6.45, 7) is 1.38. The molecule has 0 aliphatic carbocycles. The van der Waals surface area contributed by atoms with Crippen LogP contribution in [0, 0.1) is 10.1 Å². The number of non-ortho nitro benzene ring substituents is 1. The Labute approximate surface area is 184 Å². The summed E-state index contributed by atoms with van der Waals surface area (Å²) in [5.74, 6) is -1.72. The minimum atomic E-state index is -4.64. The normalized spacial score (nSPS) is 15.5. The lowest BCUT2D eigenvalue weighted by Crippen LogP contribution is -2.25. The third-order valence-corrected chi connectivity index (χ3v) is 5.06. The van der Waals surface area contributed by atoms with E-state index in [9.17, 15) is 32.9 Å². The number of ether oxygens (including phenoxy) is 1. The van der Waals surface area contributed by atoms with Gasteiger partial charge in [-0.1, -0.05) is 17.7 Å². The Hall–Kier alpha value is -3.66. The SMILES string of the molecule is COC(=O)C1=C(C)N(c2cccc(C(F)(F)F)c2)C(=O)/C1=C\c1cc([N+](=O)[O-])ccc1Cl. The Bertz CT molecular complexity index is 1200. The van der Waals surface area contributed by atoms with Crippen molar-refractivity contribution in [3.8, 4) is 0 Å². The van der Waals surface area contributed by atoms with Gasteiger partial charge in [0.05, 0.1) is 28.7 Å². The fourth-order valence-corrected chi connectivity index (χ4v) is 3.40. The monoisotopic (exact) mass is 466 g/mol. The topological polar surface area (TPSA) is 89.8 Å². The molecule has 0 saturated carbocycles. The zero-order valence-electron chi connectivity index (χ0n) is 16.6. The molecule has 0 radical (unpaired) electrons. The number of carbonyl (C=O) groups is 2. The number of hydrogen-bond donors (Lipinski definition) is 0. The van der Waals surface area contributed by atoms with Crippen LogP contribution in [0.15, 0.2) is 59.3 Å². The minimum absolute atomic E-state index is 0.0361. The van der Waals surface area contributed by atoms with Crippen LogP contribution in [-0.4, -0.2) is 23.9 Å². The maximum Gasteiger partial charge on any atom is 0.416 e. The lowest BCUT2D eigenvalue weighted by Gasteiger charge is -2.19. The second kappa shape index (κ2) is 8.46.